The molecule has 0 fully saturated rings. The predicted molar refractivity (Wildman–Crippen MR) is 82.3 cm³/mol. The fourth-order valence-corrected chi connectivity index (χ4v) is 3.02. The van der Waals surface area contributed by atoms with Crippen molar-refractivity contribution >= 4 is 34.4 Å². The van der Waals surface area contributed by atoms with Gasteiger partial charge in [-0.3, -0.25) is 4.79 Å². The Labute approximate surface area is 122 Å². The molecule has 0 aliphatic heterocycles. The smallest absolute Gasteiger partial charge is 0.203 e. The summed E-state index contributed by atoms with van der Waals surface area (Å²) >= 11 is 7.45. The van der Waals surface area contributed by atoms with Crippen molar-refractivity contribution in [1.29, 1.82) is 0 Å². The number of halogens is 1. The number of hydrogen-bond donors (Lipinski definition) is 1. The van der Waals surface area contributed by atoms with Crippen LogP contribution in [-0.4, -0.2) is 5.78 Å². The zero-order valence-corrected chi connectivity index (χ0v) is 12.7. The van der Waals surface area contributed by atoms with Crippen LogP contribution in [0.25, 0.3) is 0 Å². The first kappa shape index (κ1) is 14.1. The molecule has 0 bridgehead atoms. The van der Waals surface area contributed by atoms with Gasteiger partial charge in [-0.1, -0.05) is 32.4 Å². The standard InChI is InChI=1S/C15H16ClNOS/c1-15(2,3)13-5-4-12(19-13)14(18)9-6-10(16)8-11(17)7-9/h4-8H,17H2,1-3H3. The lowest BCUT2D eigenvalue weighted by molar-refractivity contribution is 0.104. The van der Waals surface area contributed by atoms with E-state index in [1.165, 1.54) is 16.2 Å². The van der Waals surface area contributed by atoms with Gasteiger partial charge in [-0.05, 0) is 35.7 Å². The normalized spacial score (nSPS) is 11.6. The maximum Gasteiger partial charge on any atom is 0.203 e. The Morgan fingerprint density at radius 1 is 1.21 bits per heavy atom. The van der Waals surface area contributed by atoms with Gasteiger partial charge in [0.1, 0.15) is 0 Å². The van der Waals surface area contributed by atoms with Gasteiger partial charge in [-0.2, -0.15) is 0 Å². The van der Waals surface area contributed by atoms with Crippen LogP contribution in [0.3, 0.4) is 0 Å². The second kappa shape index (κ2) is 4.99. The molecule has 1 aromatic carbocycles. The van der Waals surface area contributed by atoms with Crippen molar-refractivity contribution in [2.45, 2.75) is 26.2 Å². The number of ketones is 1. The molecule has 0 amide bonds. The lowest BCUT2D eigenvalue weighted by atomic mass is 9.95. The summed E-state index contributed by atoms with van der Waals surface area (Å²) in [7, 11) is 0. The van der Waals surface area contributed by atoms with E-state index in [-0.39, 0.29) is 11.2 Å². The largest absolute Gasteiger partial charge is 0.399 e. The highest BCUT2D eigenvalue weighted by Gasteiger charge is 2.19. The van der Waals surface area contributed by atoms with Gasteiger partial charge in [0.15, 0.2) is 0 Å². The van der Waals surface area contributed by atoms with E-state index in [9.17, 15) is 4.79 Å². The zero-order valence-electron chi connectivity index (χ0n) is 11.2. The van der Waals surface area contributed by atoms with Crippen LogP contribution >= 0.6 is 22.9 Å². The van der Waals surface area contributed by atoms with E-state index in [1.807, 2.05) is 12.1 Å². The highest BCUT2D eigenvalue weighted by molar-refractivity contribution is 7.14. The van der Waals surface area contributed by atoms with E-state index in [2.05, 4.69) is 20.8 Å². The number of hydrogen-bond acceptors (Lipinski definition) is 3. The van der Waals surface area contributed by atoms with Gasteiger partial charge >= 0.3 is 0 Å². The molecule has 0 atom stereocenters. The Morgan fingerprint density at radius 2 is 1.89 bits per heavy atom. The summed E-state index contributed by atoms with van der Waals surface area (Å²) in [6, 6.07) is 8.81. The van der Waals surface area contributed by atoms with Crippen molar-refractivity contribution in [2.24, 2.45) is 0 Å². The molecule has 0 saturated heterocycles. The fraction of sp³-hybridized carbons (Fsp3) is 0.267. The summed E-state index contributed by atoms with van der Waals surface area (Å²) in [6.07, 6.45) is 0. The van der Waals surface area contributed by atoms with Crippen molar-refractivity contribution in [3.05, 3.63) is 50.7 Å². The third-order valence-corrected chi connectivity index (χ3v) is 4.48. The van der Waals surface area contributed by atoms with Crippen LogP contribution in [0.15, 0.2) is 30.3 Å². The maximum atomic E-state index is 12.4. The van der Waals surface area contributed by atoms with Crippen molar-refractivity contribution in [3.63, 3.8) is 0 Å². The van der Waals surface area contributed by atoms with Crippen LogP contribution in [0.1, 0.15) is 40.9 Å². The van der Waals surface area contributed by atoms with Gasteiger partial charge in [-0.25, -0.2) is 0 Å². The number of carbonyl (C=O) groups is 1. The molecule has 0 saturated carbocycles. The minimum atomic E-state index is -0.0327. The van der Waals surface area contributed by atoms with Crippen molar-refractivity contribution in [1.82, 2.24) is 0 Å². The third-order valence-electron chi connectivity index (χ3n) is 2.75. The Balaban J connectivity index is 2.36. The molecule has 2 aromatic rings. The van der Waals surface area contributed by atoms with Crippen LogP contribution in [0, 0.1) is 0 Å². The Kier molecular flexibility index (Phi) is 3.70. The summed E-state index contributed by atoms with van der Waals surface area (Å²) in [5.41, 5.74) is 6.81. The molecular weight excluding hydrogens is 278 g/mol. The first-order valence-corrected chi connectivity index (χ1v) is 7.18. The quantitative estimate of drug-likeness (QED) is 0.654. The monoisotopic (exact) mass is 293 g/mol. The van der Waals surface area contributed by atoms with E-state index < -0.39 is 0 Å². The van der Waals surface area contributed by atoms with Crippen LogP contribution in [-0.2, 0) is 5.41 Å². The highest BCUT2D eigenvalue weighted by atomic mass is 35.5. The van der Waals surface area contributed by atoms with E-state index in [1.54, 1.807) is 18.2 Å². The second-order valence-corrected chi connectivity index (χ2v) is 7.04. The number of anilines is 1. The molecule has 4 heteroatoms. The summed E-state index contributed by atoms with van der Waals surface area (Å²) in [4.78, 5) is 14.3. The predicted octanol–water partition coefficient (Wildman–Crippen LogP) is 4.51. The van der Waals surface area contributed by atoms with E-state index >= 15 is 0 Å². The molecule has 0 unspecified atom stereocenters. The van der Waals surface area contributed by atoms with Crippen LogP contribution in [0.4, 0.5) is 5.69 Å². The van der Waals surface area contributed by atoms with Gasteiger partial charge in [0.25, 0.3) is 0 Å². The van der Waals surface area contributed by atoms with Gasteiger partial charge in [0.2, 0.25) is 5.78 Å². The first-order chi connectivity index (χ1) is 8.77. The van der Waals surface area contributed by atoms with Gasteiger partial charge in [0, 0.05) is 21.2 Å². The molecule has 19 heavy (non-hydrogen) atoms. The Hall–Kier alpha value is -1.32. The molecule has 0 aliphatic rings. The van der Waals surface area contributed by atoms with Crippen LogP contribution < -0.4 is 5.73 Å². The Morgan fingerprint density at radius 3 is 2.42 bits per heavy atom. The summed E-state index contributed by atoms with van der Waals surface area (Å²) < 4.78 is 0. The average molecular weight is 294 g/mol. The molecule has 100 valence electrons. The van der Waals surface area contributed by atoms with Gasteiger partial charge < -0.3 is 5.73 Å². The second-order valence-electron chi connectivity index (χ2n) is 5.52. The molecule has 1 aromatic heterocycles. The fourth-order valence-electron chi connectivity index (χ4n) is 1.75. The number of nitrogen functional groups attached to an aromatic ring is 1. The summed E-state index contributed by atoms with van der Waals surface area (Å²) in [5, 5.41) is 0.482. The highest BCUT2D eigenvalue weighted by Crippen LogP contribution is 2.31. The number of nitrogens with two attached hydrogens (primary N) is 1. The van der Waals surface area contributed by atoms with E-state index in [0.717, 1.165) is 0 Å². The molecule has 2 N–H and O–H groups in total. The minimum Gasteiger partial charge on any atom is -0.399 e. The van der Waals surface area contributed by atoms with Crippen LogP contribution in [0.5, 0.6) is 0 Å². The third kappa shape index (κ3) is 3.17. The topological polar surface area (TPSA) is 43.1 Å². The van der Waals surface area contributed by atoms with Crippen molar-refractivity contribution < 1.29 is 4.79 Å². The minimum absolute atomic E-state index is 0.0327. The number of rotatable bonds is 2. The first-order valence-electron chi connectivity index (χ1n) is 5.98. The summed E-state index contributed by atoms with van der Waals surface area (Å²) in [6.45, 7) is 6.39. The van der Waals surface area contributed by atoms with Crippen molar-refractivity contribution in [2.75, 3.05) is 5.73 Å². The summed E-state index contributed by atoms with van der Waals surface area (Å²) in [5.74, 6) is -0.0327. The Bertz CT molecular complexity index is 605. The number of carbonyl (C=O) groups excluding carboxylic acids is 1. The lowest BCUT2D eigenvalue weighted by Gasteiger charge is -2.15. The molecule has 0 spiro atoms. The van der Waals surface area contributed by atoms with Gasteiger partial charge in [-0.15, -0.1) is 11.3 Å². The van der Waals surface area contributed by atoms with E-state index in [0.29, 0.717) is 21.2 Å². The maximum absolute atomic E-state index is 12.4. The molecule has 2 rings (SSSR count). The zero-order chi connectivity index (χ0) is 14.2. The molecule has 0 radical (unpaired) electrons. The van der Waals surface area contributed by atoms with Gasteiger partial charge in [0.05, 0.1) is 4.88 Å². The van der Waals surface area contributed by atoms with E-state index in [4.69, 9.17) is 17.3 Å². The lowest BCUT2D eigenvalue weighted by Crippen LogP contribution is -2.08. The average Bonchev–Trinajstić information content (AvgIpc) is 2.75. The molecule has 2 nitrogen and oxygen atoms in total. The molecule has 1 heterocycles. The van der Waals surface area contributed by atoms with Crippen molar-refractivity contribution in [3.8, 4) is 0 Å². The van der Waals surface area contributed by atoms with Crippen LogP contribution in [0.2, 0.25) is 5.02 Å². The number of thiophene rings is 1. The SMILES string of the molecule is CC(C)(C)c1ccc(C(=O)c2cc(N)cc(Cl)c2)s1. The molecule has 0 aliphatic carbocycles. The number of benzene rings is 1. The molecular formula is C15H16ClNOS.